The van der Waals surface area contributed by atoms with Crippen molar-refractivity contribution in [3.05, 3.63) is 0 Å². The molecule has 1 aliphatic rings. The van der Waals surface area contributed by atoms with E-state index in [9.17, 15) is 13.2 Å². The fraction of sp³-hybridized carbons (Fsp3) is 0.900. The van der Waals surface area contributed by atoms with Crippen LogP contribution >= 0.6 is 0 Å². The van der Waals surface area contributed by atoms with Gasteiger partial charge in [0.15, 0.2) is 0 Å². The average molecular weight is 249 g/mol. The van der Waals surface area contributed by atoms with Gasteiger partial charge in [0.05, 0.1) is 5.75 Å². The van der Waals surface area contributed by atoms with Gasteiger partial charge in [-0.15, -0.1) is 4.28 Å². The Kier molecular flexibility index (Phi) is 5.21. The van der Waals surface area contributed by atoms with Gasteiger partial charge in [-0.3, -0.25) is 4.79 Å². The van der Waals surface area contributed by atoms with Gasteiger partial charge < -0.3 is 0 Å². The van der Waals surface area contributed by atoms with Crippen LogP contribution < -0.4 is 5.48 Å². The molecule has 5 nitrogen and oxygen atoms in total. The summed E-state index contributed by atoms with van der Waals surface area (Å²) in [4.78, 5) is 11.5. The van der Waals surface area contributed by atoms with Gasteiger partial charge in [-0.1, -0.05) is 26.2 Å². The minimum absolute atomic E-state index is 0.0715. The van der Waals surface area contributed by atoms with Crippen LogP contribution in [0.2, 0.25) is 0 Å². The first-order valence-corrected chi connectivity index (χ1v) is 7.34. The highest BCUT2D eigenvalue weighted by Crippen LogP contribution is 2.23. The summed E-state index contributed by atoms with van der Waals surface area (Å²) < 4.78 is 26.8. The minimum atomic E-state index is -3.60. The van der Waals surface area contributed by atoms with Gasteiger partial charge in [0, 0.05) is 5.92 Å². The topological polar surface area (TPSA) is 72.5 Å². The maximum absolute atomic E-state index is 11.5. The number of rotatable bonds is 5. The van der Waals surface area contributed by atoms with Gasteiger partial charge in [-0.05, 0) is 19.3 Å². The summed E-state index contributed by atoms with van der Waals surface area (Å²) in [6.07, 6.45) is 5.33. The highest BCUT2D eigenvalue weighted by Gasteiger charge is 2.22. The third-order valence-electron chi connectivity index (χ3n) is 2.70. The highest BCUT2D eigenvalue weighted by atomic mass is 32.2. The molecular formula is C10H19NO4S. The van der Waals surface area contributed by atoms with Crippen molar-refractivity contribution in [2.24, 2.45) is 5.92 Å². The monoisotopic (exact) mass is 249 g/mol. The summed E-state index contributed by atoms with van der Waals surface area (Å²) in [6, 6.07) is 0. The zero-order valence-electron chi connectivity index (χ0n) is 9.57. The van der Waals surface area contributed by atoms with Crippen molar-refractivity contribution in [2.45, 2.75) is 45.4 Å². The van der Waals surface area contributed by atoms with Gasteiger partial charge in [-0.25, -0.2) is 5.48 Å². The lowest BCUT2D eigenvalue weighted by atomic mass is 9.89. The number of carbonyl (C=O) groups excluding carboxylic acids is 1. The van der Waals surface area contributed by atoms with Crippen LogP contribution in [0.3, 0.4) is 0 Å². The van der Waals surface area contributed by atoms with Crippen LogP contribution in [0, 0.1) is 5.92 Å². The van der Waals surface area contributed by atoms with E-state index in [1.54, 1.807) is 6.92 Å². The van der Waals surface area contributed by atoms with Crippen molar-refractivity contribution in [2.75, 3.05) is 5.75 Å². The van der Waals surface area contributed by atoms with Gasteiger partial charge in [-0.2, -0.15) is 8.42 Å². The normalized spacial score (nSPS) is 18.3. The van der Waals surface area contributed by atoms with Crippen LogP contribution in [0.5, 0.6) is 0 Å². The molecule has 0 radical (unpaired) electrons. The van der Waals surface area contributed by atoms with E-state index in [2.05, 4.69) is 9.76 Å². The molecule has 0 aromatic carbocycles. The predicted molar refractivity (Wildman–Crippen MR) is 59.9 cm³/mol. The second kappa shape index (κ2) is 6.20. The second-order valence-corrected chi connectivity index (χ2v) is 5.84. The van der Waals surface area contributed by atoms with Crippen LogP contribution in [0.4, 0.5) is 0 Å². The Labute approximate surface area is 96.6 Å². The highest BCUT2D eigenvalue weighted by molar-refractivity contribution is 7.86. The Hall–Kier alpha value is -0.620. The van der Waals surface area contributed by atoms with Gasteiger partial charge in [0.25, 0.3) is 10.1 Å². The molecule has 0 bridgehead atoms. The zero-order valence-corrected chi connectivity index (χ0v) is 10.4. The van der Waals surface area contributed by atoms with E-state index in [0.29, 0.717) is 6.42 Å². The van der Waals surface area contributed by atoms with Crippen LogP contribution in [0.15, 0.2) is 0 Å². The van der Waals surface area contributed by atoms with Crippen molar-refractivity contribution in [3.8, 4) is 0 Å². The first kappa shape index (κ1) is 13.4. The Morgan fingerprint density at radius 2 is 1.94 bits per heavy atom. The number of amides is 1. The molecule has 0 aliphatic heterocycles. The molecule has 1 rings (SSSR count). The van der Waals surface area contributed by atoms with Gasteiger partial charge >= 0.3 is 0 Å². The number of carbonyl (C=O) groups is 1. The molecule has 0 heterocycles. The molecule has 1 fully saturated rings. The smallest absolute Gasteiger partial charge is 0.272 e. The number of hydroxylamine groups is 1. The molecule has 0 saturated heterocycles. The fourth-order valence-corrected chi connectivity index (χ4v) is 2.64. The summed E-state index contributed by atoms with van der Waals surface area (Å²) in [5.41, 5.74) is 2.05. The predicted octanol–water partition coefficient (Wildman–Crippen LogP) is 1.35. The van der Waals surface area contributed by atoms with E-state index in [0.717, 1.165) is 32.1 Å². The van der Waals surface area contributed by atoms with Crippen molar-refractivity contribution >= 4 is 16.0 Å². The van der Waals surface area contributed by atoms with Gasteiger partial charge in [0.2, 0.25) is 5.91 Å². The Balaban J connectivity index is 2.34. The number of hydrogen-bond donors (Lipinski definition) is 1. The molecule has 1 aliphatic carbocycles. The van der Waals surface area contributed by atoms with E-state index in [1.807, 2.05) is 0 Å². The van der Waals surface area contributed by atoms with Crippen LogP contribution in [-0.4, -0.2) is 20.1 Å². The van der Waals surface area contributed by atoms with Crippen LogP contribution in [0.25, 0.3) is 0 Å². The Morgan fingerprint density at radius 3 is 2.50 bits per heavy atom. The third-order valence-corrected chi connectivity index (χ3v) is 3.94. The summed E-state index contributed by atoms with van der Waals surface area (Å²) in [7, 11) is -3.60. The summed E-state index contributed by atoms with van der Waals surface area (Å²) in [5, 5.41) is 0. The molecule has 1 amide bonds. The van der Waals surface area contributed by atoms with Crippen LogP contribution in [-0.2, 0) is 19.2 Å². The molecule has 94 valence electrons. The summed E-state index contributed by atoms with van der Waals surface area (Å²) in [5.74, 6) is -0.470. The van der Waals surface area contributed by atoms with Gasteiger partial charge in [0.1, 0.15) is 0 Å². The first-order chi connectivity index (χ1) is 7.55. The van der Waals surface area contributed by atoms with E-state index in [4.69, 9.17) is 0 Å². The average Bonchev–Trinajstić information content (AvgIpc) is 2.27. The standard InChI is InChI=1S/C10H19NO4S/c1-2-8-16(13,14)15-11-10(12)9-6-4-3-5-7-9/h9H,2-8H2,1H3,(H,11,12). The van der Waals surface area contributed by atoms with Crippen molar-refractivity contribution < 1.29 is 17.5 Å². The molecule has 0 unspecified atom stereocenters. The van der Waals surface area contributed by atoms with Crippen molar-refractivity contribution in [1.82, 2.24) is 5.48 Å². The summed E-state index contributed by atoms with van der Waals surface area (Å²) >= 11 is 0. The molecule has 6 heteroatoms. The molecular weight excluding hydrogens is 230 g/mol. The fourth-order valence-electron chi connectivity index (χ4n) is 1.84. The molecule has 0 atom stereocenters. The molecule has 0 aromatic rings. The molecule has 1 N–H and O–H groups in total. The number of nitrogens with one attached hydrogen (secondary N) is 1. The second-order valence-electron chi connectivity index (χ2n) is 4.15. The molecule has 1 saturated carbocycles. The van der Waals surface area contributed by atoms with E-state index in [-0.39, 0.29) is 17.6 Å². The lowest BCUT2D eigenvalue weighted by Crippen LogP contribution is -2.34. The quantitative estimate of drug-likeness (QED) is 0.747. The minimum Gasteiger partial charge on any atom is -0.272 e. The zero-order chi connectivity index (χ0) is 12.0. The Bertz CT molecular complexity index is 320. The largest absolute Gasteiger partial charge is 0.287 e. The number of hydrogen-bond acceptors (Lipinski definition) is 4. The van der Waals surface area contributed by atoms with Crippen LogP contribution in [0.1, 0.15) is 45.4 Å². The third kappa shape index (κ3) is 4.49. The maximum Gasteiger partial charge on any atom is 0.287 e. The lowest BCUT2D eigenvalue weighted by molar-refractivity contribution is -0.132. The maximum atomic E-state index is 11.5. The molecule has 0 aromatic heterocycles. The van der Waals surface area contributed by atoms with Crippen molar-refractivity contribution in [3.63, 3.8) is 0 Å². The van der Waals surface area contributed by atoms with Crippen molar-refractivity contribution in [1.29, 1.82) is 0 Å². The first-order valence-electron chi connectivity index (χ1n) is 5.76. The SMILES string of the molecule is CCCS(=O)(=O)ONC(=O)C1CCCCC1. The van der Waals surface area contributed by atoms with E-state index < -0.39 is 10.1 Å². The lowest BCUT2D eigenvalue weighted by Gasteiger charge is -2.20. The van der Waals surface area contributed by atoms with E-state index in [1.165, 1.54) is 0 Å². The van der Waals surface area contributed by atoms with E-state index >= 15 is 0 Å². The Morgan fingerprint density at radius 1 is 1.31 bits per heavy atom. The molecule has 16 heavy (non-hydrogen) atoms. The molecule has 0 spiro atoms. The summed E-state index contributed by atoms with van der Waals surface area (Å²) in [6.45, 7) is 1.74.